The normalized spacial score (nSPS) is 21.2. The summed E-state index contributed by atoms with van der Waals surface area (Å²) in [4.78, 5) is 5.46. The molecule has 1 fully saturated rings. The lowest BCUT2D eigenvalue weighted by Gasteiger charge is -2.21. The molecule has 0 bridgehead atoms. The summed E-state index contributed by atoms with van der Waals surface area (Å²) < 4.78 is 0. The van der Waals surface area contributed by atoms with Crippen molar-refractivity contribution in [3.05, 3.63) is 11.4 Å². The van der Waals surface area contributed by atoms with Crippen molar-refractivity contribution < 1.29 is 0 Å². The fourth-order valence-corrected chi connectivity index (χ4v) is 0.953. The molecule has 1 N–H and O–H groups in total. The van der Waals surface area contributed by atoms with Gasteiger partial charge in [-0.1, -0.05) is 0 Å². The summed E-state index contributed by atoms with van der Waals surface area (Å²) in [5.41, 5.74) is 0. The lowest BCUT2D eigenvalue weighted by atomic mass is 10.4. The number of nitrogens with zero attached hydrogens (tertiary/aromatic N) is 2. The van der Waals surface area contributed by atoms with Crippen LogP contribution in [-0.2, 0) is 0 Å². The molecule has 0 saturated carbocycles. The van der Waals surface area contributed by atoms with Gasteiger partial charge in [0.2, 0.25) is 0 Å². The van der Waals surface area contributed by atoms with Crippen molar-refractivity contribution in [2.75, 3.05) is 32.8 Å². The van der Waals surface area contributed by atoms with E-state index in [1.807, 2.05) is 0 Å². The van der Waals surface area contributed by atoms with Gasteiger partial charge in [0.15, 0.2) is 0 Å². The van der Waals surface area contributed by atoms with Gasteiger partial charge < -0.3 is 5.32 Å². The Morgan fingerprint density at radius 3 is 2.67 bits per heavy atom. The Labute approximate surface area is 55.5 Å². The average Bonchev–Trinajstić information content (AvgIpc) is 1.91. The Morgan fingerprint density at radius 1 is 1.44 bits per heavy atom. The third-order valence-corrected chi connectivity index (χ3v) is 1.48. The Balaban J connectivity index is 2.17. The highest BCUT2D eigenvalue weighted by Crippen LogP contribution is 1.90. The van der Waals surface area contributed by atoms with Crippen LogP contribution in [0.4, 0.5) is 0 Å². The Morgan fingerprint density at radius 2 is 2.11 bits per heavy atom. The lowest BCUT2D eigenvalue weighted by Crippen LogP contribution is -2.43. The SMILES string of the molecule is [C-]#[N+]CN1CCNCC1. The van der Waals surface area contributed by atoms with E-state index in [-0.39, 0.29) is 0 Å². The molecule has 3 nitrogen and oxygen atoms in total. The first-order valence-electron chi connectivity index (χ1n) is 3.20. The van der Waals surface area contributed by atoms with E-state index in [0.717, 1.165) is 26.2 Å². The highest BCUT2D eigenvalue weighted by molar-refractivity contribution is 4.70. The van der Waals surface area contributed by atoms with Gasteiger partial charge in [0.25, 0.3) is 6.67 Å². The van der Waals surface area contributed by atoms with Crippen molar-refractivity contribution in [2.45, 2.75) is 0 Å². The van der Waals surface area contributed by atoms with Crippen molar-refractivity contribution in [1.29, 1.82) is 0 Å². The smallest absolute Gasteiger partial charge is 0.270 e. The van der Waals surface area contributed by atoms with Crippen LogP contribution in [0.1, 0.15) is 0 Å². The van der Waals surface area contributed by atoms with Gasteiger partial charge in [0.05, 0.1) is 0 Å². The van der Waals surface area contributed by atoms with Crippen LogP contribution in [0, 0.1) is 6.57 Å². The molecule has 9 heavy (non-hydrogen) atoms. The maximum atomic E-state index is 6.60. The van der Waals surface area contributed by atoms with Gasteiger partial charge in [0.1, 0.15) is 0 Å². The minimum atomic E-state index is 0.571. The van der Waals surface area contributed by atoms with Gasteiger partial charge >= 0.3 is 0 Å². The van der Waals surface area contributed by atoms with Gasteiger partial charge in [-0.2, -0.15) is 0 Å². The molecule has 0 aromatic carbocycles. The largest absolute Gasteiger partial charge is 0.314 e. The molecule has 1 saturated heterocycles. The molecule has 1 rings (SSSR count). The monoisotopic (exact) mass is 125 g/mol. The van der Waals surface area contributed by atoms with Gasteiger partial charge in [-0.05, 0) is 0 Å². The number of rotatable bonds is 1. The van der Waals surface area contributed by atoms with Crippen LogP contribution in [0.2, 0.25) is 0 Å². The predicted octanol–water partition coefficient (Wildman–Crippen LogP) is -0.232. The van der Waals surface area contributed by atoms with Gasteiger partial charge in [-0.15, -0.1) is 0 Å². The molecule has 0 aliphatic carbocycles. The van der Waals surface area contributed by atoms with E-state index in [1.165, 1.54) is 0 Å². The summed E-state index contributed by atoms with van der Waals surface area (Å²) in [6.07, 6.45) is 0. The van der Waals surface area contributed by atoms with E-state index in [1.54, 1.807) is 0 Å². The van der Waals surface area contributed by atoms with Gasteiger partial charge in [-0.3, -0.25) is 4.85 Å². The Bertz CT molecular complexity index is 110. The zero-order valence-electron chi connectivity index (χ0n) is 5.43. The van der Waals surface area contributed by atoms with E-state index in [9.17, 15) is 0 Å². The summed E-state index contributed by atoms with van der Waals surface area (Å²) in [6, 6.07) is 0. The van der Waals surface area contributed by atoms with Crippen LogP contribution in [0.3, 0.4) is 0 Å². The standard InChI is InChI=1S/C6H11N3/c1-7-6-9-4-2-8-3-5-9/h8H,2-6H2. The van der Waals surface area contributed by atoms with Crippen molar-refractivity contribution >= 4 is 0 Å². The summed E-state index contributed by atoms with van der Waals surface area (Å²) in [7, 11) is 0. The van der Waals surface area contributed by atoms with Crippen LogP contribution >= 0.6 is 0 Å². The highest BCUT2D eigenvalue weighted by Gasteiger charge is 2.09. The van der Waals surface area contributed by atoms with E-state index in [4.69, 9.17) is 6.57 Å². The molecular weight excluding hydrogens is 114 g/mol. The van der Waals surface area contributed by atoms with E-state index in [0.29, 0.717) is 6.67 Å². The quantitative estimate of drug-likeness (QED) is 0.488. The highest BCUT2D eigenvalue weighted by atomic mass is 15.2. The van der Waals surface area contributed by atoms with Crippen molar-refractivity contribution in [3.63, 3.8) is 0 Å². The number of nitrogens with one attached hydrogen (secondary N) is 1. The van der Waals surface area contributed by atoms with Crippen molar-refractivity contribution in [2.24, 2.45) is 0 Å². The van der Waals surface area contributed by atoms with Gasteiger partial charge in [-0.25, -0.2) is 11.5 Å². The zero-order valence-corrected chi connectivity index (χ0v) is 5.43. The third kappa shape index (κ3) is 2.00. The Hall–Kier alpha value is -0.590. The van der Waals surface area contributed by atoms with Gasteiger partial charge in [0, 0.05) is 26.2 Å². The first kappa shape index (κ1) is 6.53. The van der Waals surface area contributed by atoms with Crippen LogP contribution in [-0.4, -0.2) is 37.7 Å². The number of hydrogen-bond donors (Lipinski definition) is 1. The molecule has 0 atom stereocenters. The molecule has 0 aromatic heterocycles. The molecule has 0 amide bonds. The second-order valence-corrected chi connectivity index (χ2v) is 2.17. The second-order valence-electron chi connectivity index (χ2n) is 2.17. The molecule has 50 valence electrons. The van der Waals surface area contributed by atoms with E-state index >= 15 is 0 Å². The molecule has 0 radical (unpaired) electrons. The summed E-state index contributed by atoms with van der Waals surface area (Å²) in [5, 5.41) is 3.23. The maximum absolute atomic E-state index is 6.60. The molecular formula is C6H11N3. The number of hydrogen-bond acceptors (Lipinski definition) is 2. The van der Waals surface area contributed by atoms with Crippen LogP contribution < -0.4 is 5.32 Å². The fraction of sp³-hybridized carbons (Fsp3) is 0.833. The molecule has 0 aromatic rings. The number of piperazine rings is 1. The van der Waals surface area contributed by atoms with E-state index < -0.39 is 0 Å². The summed E-state index contributed by atoms with van der Waals surface area (Å²) in [5.74, 6) is 0. The minimum absolute atomic E-state index is 0.571. The molecule has 0 spiro atoms. The molecule has 1 aliphatic heterocycles. The first-order valence-corrected chi connectivity index (χ1v) is 3.20. The average molecular weight is 125 g/mol. The van der Waals surface area contributed by atoms with Crippen LogP contribution in [0.15, 0.2) is 0 Å². The van der Waals surface area contributed by atoms with E-state index in [2.05, 4.69) is 15.1 Å². The molecule has 1 heterocycles. The summed E-state index contributed by atoms with van der Waals surface area (Å²) in [6.45, 7) is 11.3. The summed E-state index contributed by atoms with van der Waals surface area (Å²) >= 11 is 0. The molecule has 0 unspecified atom stereocenters. The van der Waals surface area contributed by atoms with Crippen LogP contribution in [0.25, 0.3) is 4.85 Å². The second kappa shape index (κ2) is 3.44. The lowest BCUT2D eigenvalue weighted by molar-refractivity contribution is 0.264. The fourth-order valence-electron chi connectivity index (χ4n) is 0.953. The maximum Gasteiger partial charge on any atom is 0.270 e. The van der Waals surface area contributed by atoms with Crippen molar-refractivity contribution in [1.82, 2.24) is 10.2 Å². The Kier molecular flexibility index (Phi) is 2.49. The van der Waals surface area contributed by atoms with Crippen molar-refractivity contribution in [3.8, 4) is 0 Å². The first-order chi connectivity index (χ1) is 4.43. The topological polar surface area (TPSA) is 19.6 Å². The van der Waals surface area contributed by atoms with Crippen LogP contribution in [0.5, 0.6) is 0 Å². The third-order valence-electron chi connectivity index (χ3n) is 1.48. The molecule has 3 heteroatoms. The predicted molar refractivity (Wildman–Crippen MR) is 35.9 cm³/mol. The molecule has 1 aliphatic rings. The minimum Gasteiger partial charge on any atom is -0.314 e. The zero-order chi connectivity index (χ0) is 6.53.